The summed E-state index contributed by atoms with van der Waals surface area (Å²) < 4.78 is 19.8. The first-order valence-corrected chi connectivity index (χ1v) is 9.77. The van der Waals surface area contributed by atoms with E-state index in [0.717, 1.165) is 5.56 Å². The molecule has 2 aromatic carbocycles. The van der Waals surface area contributed by atoms with Gasteiger partial charge in [-0.25, -0.2) is 4.39 Å². The molecule has 0 saturated carbocycles. The zero-order valence-electron chi connectivity index (χ0n) is 16.0. The maximum Gasteiger partial charge on any atom is 0.279 e. The number of benzene rings is 2. The van der Waals surface area contributed by atoms with E-state index in [1.165, 1.54) is 30.6 Å². The Kier molecular flexibility index (Phi) is 6.56. The van der Waals surface area contributed by atoms with Crippen LogP contribution in [0.25, 0.3) is 0 Å². The fraction of sp³-hybridized carbons (Fsp3) is 0.190. The van der Waals surface area contributed by atoms with Crippen molar-refractivity contribution >= 4 is 23.2 Å². The smallest absolute Gasteiger partial charge is 0.279 e. The van der Waals surface area contributed by atoms with Crippen molar-refractivity contribution in [1.29, 1.82) is 0 Å². The number of carbonyl (C=O) groups is 2. The van der Waals surface area contributed by atoms with Crippen molar-refractivity contribution in [3.05, 3.63) is 81.9 Å². The molecule has 2 amide bonds. The molecule has 1 N–H and O–H groups in total. The van der Waals surface area contributed by atoms with E-state index < -0.39 is 11.9 Å². The van der Waals surface area contributed by atoms with Crippen LogP contribution in [0.4, 0.5) is 4.39 Å². The van der Waals surface area contributed by atoms with Gasteiger partial charge in [0.15, 0.2) is 4.80 Å². The summed E-state index contributed by atoms with van der Waals surface area (Å²) in [5.41, 5.74) is 1.19. The van der Waals surface area contributed by atoms with Crippen molar-refractivity contribution in [2.24, 2.45) is 4.99 Å². The van der Waals surface area contributed by atoms with Crippen LogP contribution < -0.4 is 14.9 Å². The molecule has 8 heteroatoms. The van der Waals surface area contributed by atoms with Crippen LogP contribution in [0.5, 0.6) is 5.75 Å². The lowest BCUT2D eigenvalue weighted by atomic mass is 10.2. The number of rotatable bonds is 6. The lowest BCUT2D eigenvalue weighted by Crippen LogP contribution is -2.34. The van der Waals surface area contributed by atoms with Crippen LogP contribution in [0, 0.1) is 5.82 Å². The van der Waals surface area contributed by atoms with E-state index in [2.05, 4.69) is 10.3 Å². The number of nitrogens with one attached hydrogen (secondary N) is 1. The Morgan fingerprint density at radius 3 is 2.72 bits per heavy atom. The first kappa shape index (κ1) is 20.5. The number of halogens is 1. The second-order valence-corrected chi connectivity index (χ2v) is 7.14. The average Bonchev–Trinajstić information content (AvgIpc) is 3.20. The van der Waals surface area contributed by atoms with Gasteiger partial charge in [-0.1, -0.05) is 18.2 Å². The molecule has 0 aliphatic rings. The molecule has 1 atom stereocenters. The molecule has 29 heavy (non-hydrogen) atoms. The van der Waals surface area contributed by atoms with E-state index in [1.54, 1.807) is 59.5 Å². The van der Waals surface area contributed by atoms with Crippen LogP contribution in [0.15, 0.2) is 65.1 Å². The summed E-state index contributed by atoms with van der Waals surface area (Å²) in [6.07, 6.45) is 1.71. The zero-order valence-corrected chi connectivity index (χ0v) is 16.8. The maximum absolute atomic E-state index is 13.0. The molecule has 3 rings (SSSR count). The summed E-state index contributed by atoms with van der Waals surface area (Å²) >= 11 is 1.27. The Hall–Kier alpha value is -3.26. The number of thiazole rings is 1. The molecule has 1 heterocycles. The molecule has 0 aliphatic carbocycles. The van der Waals surface area contributed by atoms with E-state index in [1.807, 2.05) is 0 Å². The highest BCUT2D eigenvalue weighted by Gasteiger charge is 2.16. The lowest BCUT2D eigenvalue weighted by Gasteiger charge is -2.14. The van der Waals surface area contributed by atoms with E-state index in [9.17, 15) is 14.0 Å². The molecule has 0 unspecified atom stereocenters. The Bertz CT molecular complexity index is 1070. The van der Waals surface area contributed by atoms with Gasteiger partial charge in [-0.2, -0.15) is 4.99 Å². The predicted octanol–water partition coefficient (Wildman–Crippen LogP) is 3.32. The van der Waals surface area contributed by atoms with Gasteiger partial charge in [0.25, 0.3) is 5.91 Å². The largest absolute Gasteiger partial charge is 0.497 e. The third-order valence-corrected chi connectivity index (χ3v) is 5.08. The number of methoxy groups -OCH3 is 1. The summed E-state index contributed by atoms with van der Waals surface area (Å²) in [5, 5.41) is 4.58. The van der Waals surface area contributed by atoms with E-state index in [-0.39, 0.29) is 18.3 Å². The van der Waals surface area contributed by atoms with E-state index >= 15 is 0 Å². The second-order valence-electron chi connectivity index (χ2n) is 6.26. The number of aromatic nitrogens is 1. The minimum atomic E-state index is -0.571. The highest BCUT2D eigenvalue weighted by molar-refractivity contribution is 7.07. The molecule has 150 valence electrons. The third kappa shape index (κ3) is 5.17. The summed E-state index contributed by atoms with van der Waals surface area (Å²) in [5.74, 6) is -0.408. The summed E-state index contributed by atoms with van der Waals surface area (Å²) in [7, 11) is 1.53. The summed E-state index contributed by atoms with van der Waals surface area (Å²) in [6.45, 7) is 2.01. The Balaban J connectivity index is 1.73. The third-order valence-electron chi connectivity index (χ3n) is 4.31. The van der Waals surface area contributed by atoms with Crippen LogP contribution >= 0.6 is 11.3 Å². The maximum atomic E-state index is 13.0. The normalized spacial score (nSPS) is 12.4. The van der Waals surface area contributed by atoms with Gasteiger partial charge in [-0.05, 0) is 42.8 Å². The van der Waals surface area contributed by atoms with Gasteiger partial charge in [0.2, 0.25) is 5.91 Å². The van der Waals surface area contributed by atoms with Gasteiger partial charge in [0, 0.05) is 23.7 Å². The summed E-state index contributed by atoms with van der Waals surface area (Å²) in [6, 6.07) is 12.1. The van der Waals surface area contributed by atoms with Crippen LogP contribution in [-0.4, -0.2) is 23.5 Å². The molecule has 0 radical (unpaired) electrons. The number of amides is 2. The Morgan fingerprint density at radius 2 is 2.00 bits per heavy atom. The number of hydrogen-bond donors (Lipinski definition) is 1. The molecular formula is C21H20FN3O3S. The van der Waals surface area contributed by atoms with Crippen molar-refractivity contribution in [2.75, 3.05) is 7.11 Å². The van der Waals surface area contributed by atoms with Gasteiger partial charge in [0.05, 0.1) is 7.11 Å². The van der Waals surface area contributed by atoms with Crippen molar-refractivity contribution in [3.63, 3.8) is 0 Å². The summed E-state index contributed by atoms with van der Waals surface area (Å²) in [4.78, 5) is 29.6. The SMILES string of the molecule is COc1cccc(C(=O)N=c2sccn2[C@@H](C)C(=O)NCc2ccc(F)cc2)c1. The van der Waals surface area contributed by atoms with Gasteiger partial charge < -0.3 is 14.6 Å². The fourth-order valence-corrected chi connectivity index (χ4v) is 3.42. The number of hydrogen-bond acceptors (Lipinski definition) is 4. The van der Waals surface area contributed by atoms with Gasteiger partial charge >= 0.3 is 0 Å². The minimum Gasteiger partial charge on any atom is -0.497 e. The van der Waals surface area contributed by atoms with Crippen LogP contribution in [0.2, 0.25) is 0 Å². The predicted molar refractivity (Wildman–Crippen MR) is 108 cm³/mol. The van der Waals surface area contributed by atoms with Crippen molar-refractivity contribution in [2.45, 2.75) is 19.5 Å². The van der Waals surface area contributed by atoms with E-state index in [0.29, 0.717) is 16.1 Å². The molecule has 0 saturated heterocycles. The van der Waals surface area contributed by atoms with E-state index in [4.69, 9.17) is 4.74 Å². The number of carbonyl (C=O) groups excluding carboxylic acids is 2. The van der Waals surface area contributed by atoms with Crippen molar-refractivity contribution < 1.29 is 18.7 Å². The Morgan fingerprint density at radius 1 is 1.24 bits per heavy atom. The van der Waals surface area contributed by atoms with Crippen LogP contribution in [0.3, 0.4) is 0 Å². The molecule has 0 fully saturated rings. The average molecular weight is 413 g/mol. The van der Waals surface area contributed by atoms with Gasteiger partial charge in [0.1, 0.15) is 17.6 Å². The minimum absolute atomic E-state index is 0.233. The zero-order chi connectivity index (χ0) is 20.8. The topological polar surface area (TPSA) is 72.7 Å². The molecule has 3 aromatic rings. The Labute approximate surface area is 171 Å². The van der Waals surface area contributed by atoms with Gasteiger partial charge in [-0.15, -0.1) is 11.3 Å². The van der Waals surface area contributed by atoms with Crippen molar-refractivity contribution in [1.82, 2.24) is 9.88 Å². The first-order chi connectivity index (χ1) is 14.0. The quantitative estimate of drug-likeness (QED) is 0.674. The highest BCUT2D eigenvalue weighted by Crippen LogP contribution is 2.13. The molecule has 6 nitrogen and oxygen atoms in total. The first-order valence-electron chi connectivity index (χ1n) is 8.89. The van der Waals surface area contributed by atoms with Gasteiger partial charge in [-0.3, -0.25) is 9.59 Å². The second kappa shape index (κ2) is 9.29. The molecule has 0 bridgehead atoms. The lowest BCUT2D eigenvalue weighted by molar-refractivity contribution is -0.124. The van der Waals surface area contributed by atoms with Crippen molar-refractivity contribution in [3.8, 4) is 5.75 Å². The molecule has 0 spiro atoms. The molecule has 1 aromatic heterocycles. The molecule has 0 aliphatic heterocycles. The monoisotopic (exact) mass is 413 g/mol. The standard InChI is InChI=1S/C21H20FN3O3S/c1-14(19(26)23-13-15-6-8-17(22)9-7-15)25-10-11-29-21(25)24-20(27)16-4-3-5-18(12-16)28-2/h3-12,14H,13H2,1-2H3,(H,23,26)/t14-/m0/s1. The number of ether oxygens (including phenoxy) is 1. The van der Waals surface area contributed by atoms with Crippen LogP contribution in [0.1, 0.15) is 28.9 Å². The number of nitrogens with zero attached hydrogens (tertiary/aromatic N) is 2. The fourth-order valence-electron chi connectivity index (χ4n) is 2.63. The highest BCUT2D eigenvalue weighted by atomic mass is 32.1. The molecular weight excluding hydrogens is 393 g/mol. The van der Waals surface area contributed by atoms with Crippen LogP contribution in [-0.2, 0) is 11.3 Å².